The highest BCUT2D eigenvalue weighted by Crippen LogP contribution is 2.23. The lowest BCUT2D eigenvalue weighted by molar-refractivity contribution is -0.133. The maximum Gasteiger partial charge on any atom is 0.246 e. The molecule has 2 heterocycles. The van der Waals surface area contributed by atoms with Crippen LogP contribution < -0.4 is 0 Å². The summed E-state index contributed by atoms with van der Waals surface area (Å²) in [7, 11) is -3.65. The number of carbonyl (C=O) groups excluding carboxylic acids is 1. The number of piperazine rings is 1. The first kappa shape index (κ1) is 22.5. The minimum atomic E-state index is -3.65. The van der Waals surface area contributed by atoms with Crippen LogP contribution in [0.3, 0.4) is 0 Å². The topological polar surface area (TPSA) is 101 Å². The van der Waals surface area contributed by atoms with E-state index in [0.717, 1.165) is 16.3 Å². The van der Waals surface area contributed by atoms with Crippen molar-refractivity contribution in [1.29, 1.82) is 0 Å². The summed E-state index contributed by atoms with van der Waals surface area (Å²) in [4.78, 5) is 15.9. The number of nitrogens with zero attached hydrogens (tertiary/aromatic N) is 6. The van der Waals surface area contributed by atoms with Gasteiger partial charge in [0.15, 0.2) is 0 Å². The molecule has 5 rings (SSSR count). The second kappa shape index (κ2) is 9.13. The zero-order chi connectivity index (χ0) is 23.7. The van der Waals surface area contributed by atoms with Gasteiger partial charge in [-0.1, -0.05) is 41.9 Å². The predicted octanol–water partition coefficient (Wildman–Crippen LogP) is 2.68. The van der Waals surface area contributed by atoms with Gasteiger partial charge < -0.3 is 4.90 Å². The summed E-state index contributed by atoms with van der Waals surface area (Å²) in [6.07, 6.45) is 0. The summed E-state index contributed by atoms with van der Waals surface area (Å²) >= 11 is 5.90. The number of hydrogen-bond donors (Lipinski definition) is 0. The van der Waals surface area contributed by atoms with Crippen molar-refractivity contribution < 1.29 is 13.2 Å². The molecule has 1 saturated heterocycles. The largest absolute Gasteiger partial charge is 0.338 e. The van der Waals surface area contributed by atoms with Crippen LogP contribution in [0.5, 0.6) is 0 Å². The molecule has 11 heteroatoms. The van der Waals surface area contributed by atoms with Gasteiger partial charge >= 0.3 is 0 Å². The quantitative estimate of drug-likeness (QED) is 0.421. The van der Waals surface area contributed by atoms with Gasteiger partial charge in [-0.3, -0.25) is 4.79 Å². The Balaban J connectivity index is 1.21. The van der Waals surface area contributed by atoms with Crippen LogP contribution in [-0.2, 0) is 21.4 Å². The van der Waals surface area contributed by atoms with Crippen molar-refractivity contribution in [3.05, 3.63) is 71.8 Å². The van der Waals surface area contributed by atoms with Crippen molar-refractivity contribution in [1.82, 2.24) is 29.4 Å². The lowest BCUT2D eigenvalue weighted by atomic mass is 10.1. The average molecular weight is 497 g/mol. The van der Waals surface area contributed by atoms with Crippen molar-refractivity contribution in [2.24, 2.45) is 0 Å². The van der Waals surface area contributed by atoms with Crippen molar-refractivity contribution in [2.45, 2.75) is 11.4 Å². The van der Waals surface area contributed by atoms with Crippen molar-refractivity contribution in [3.8, 4) is 11.4 Å². The molecule has 0 aliphatic carbocycles. The van der Waals surface area contributed by atoms with Gasteiger partial charge in [0.25, 0.3) is 0 Å². The van der Waals surface area contributed by atoms with Crippen LogP contribution in [0, 0.1) is 0 Å². The van der Waals surface area contributed by atoms with E-state index >= 15 is 0 Å². The van der Waals surface area contributed by atoms with Gasteiger partial charge in [-0.05, 0) is 52.4 Å². The fraction of sp³-hybridized carbons (Fsp3) is 0.217. The zero-order valence-electron chi connectivity index (χ0n) is 18.1. The van der Waals surface area contributed by atoms with Crippen LogP contribution in [0.25, 0.3) is 22.2 Å². The van der Waals surface area contributed by atoms with E-state index in [9.17, 15) is 13.2 Å². The Hall–Kier alpha value is -3.34. The summed E-state index contributed by atoms with van der Waals surface area (Å²) < 4.78 is 27.7. The highest BCUT2D eigenvalue weighted by molar-refractivity contribution is 7.89. The summed E-state index contributed by atoms with van der Waals surface area (Å²) in [6.45, 7) is 0.968. The molecule has 1 fully saturated rings. The summed E-state index contributed by atoms with van der Waals surface area (Å²) in [5.41, 5.74) is 0.746. The molecule has 9 nitrogen and oxygen atoms in total. The van der Waals surface area contributed by atoms with Gasteiger partial charge in [0.05, 0.1) is 4.90 Å². The van der Waals surface area contributed by atoms with Gasteiger partial charge in [-0.25, -0.2) is 8.42 Å². The fourth-order valence-corrected chi connectivity index (χ4v) is 5.48. The summed E-state index contributed by atoms with van der Waals surface area (Å²) in [5.74, 6) is 0.207. The highest BCUT2D eigenvalue weighted by Gasteiger charge is 2.30. The summed E-state index contributed by atoms with van der Waals surface area (Å²) in [6, 6.07) is 19.8. The number of halogens is 1. The Morgan fingerprint density at radius 2 is 1.62 bits per heavy atom. The lowest BCUT2D eigenvalue weighted by Gasteiger charge is -2.33. The van der Waals surface area contributed by atoms with Gasteiger partial charge in [-0.2, -0.15) is 9.10 Å². The van der Waals surface area contributed by atoms with Crippen LogP contribution in [0.1, 0.15) is 0 Å². The number of carbonyl (C=O) groups is 1. The maximum absolute atomic E-state index is 13.1. The molecule has 0 radical (unpaired) electrons. The van der Waals surface area contributed by atoms with Gasteiger partial charge in [0, 0.05) is 36.8 Å². The van der Waals surface area contributed by atoms with E-state index in [1.807, 2.05) is 30.3 Å². The number of fused-ring (bicyclic) bond motifs is 1. The Kier molecular flexibility index (Phi) is 6.03. The first-order chi connectivity index (χ1) is 16.4. The van der Waals surface area contributed by atoms with Crippen LogP contribution in [-0.4, -0.2) is 69.9 Å². The Morgan fingerprint density at radius 1 is 0.912 bits per heavy atom. The number of rotatable bonds is 5. The maximum atomic E-state index is 13.1. The number of amides is 1. The van der Waals surface area contributed by atoms with Crippen LogP contribution in [0.4, 0.5) is 0 Å². The zero-order valence-corrected chi connectivity index (χ0v) is 19.7. The molecule has 4 aromatic rings. The van der Waals surface area contributed by atoms with Crippen LogP contribution >= 0.6 is 11.6 Å². The molecular weight excluding hydrogens is 476 g/mol. The van der Waals surface area contributed by atoms with E-state index < -0.39 is 10.0 Å². The molecule has 0 spiro atoms. The number of tetrazole rings is 1. The Morgan fingerprint density at radius 3 is 2.35 bits per heavy atom. The Labute approximate surface area is 201 Å². The molecule has 1 aromatic heterocycles. The SMILES string of the molecule is O=C(Cn1nnc(-c2ccc(Cl)cc2)n1)N1CCN(S(=O)(=O)c2ccc3ccccc3c2)CC1. The number of benzene rings is 3. The van der Waals surface area contributed by atoms with E-state index in [-0.39, 0.29) is 30.4 Å². The smallest absolute Gasteiger partial charge is 0.246 e. The lowest BCUT2D eigenvalue weighted by Crippen LogP contribution is -2.51. The molecule has 0 atom stereocenters. The molecule has 0 N–H and O–H groups in total. The minimum absolute atomic E-state index is 0.0714. The van der Waals surface area contributed by atoms with Gasteiger partial charge in [-0.15, -0.1) is 10.2 Å². The monoisotopic (exact) mass is 496 g/mol. The average Bonchev–Trinajstić information content (AvgIpc) is 3.32. The van der Waals surface area contributed by atoms with Crippen molar-refractivity contribution in [2.75, 3.05) is 26.2 Å². The van der Waals surface area contributed by atoms with Gasteiger partial charge in [0.1, 0.15) is 6.54 Å². The first-order valence-electron chi connectivity index (χ1n) is 10.7. The molecule has 174 valence electrons. The van der Waals surface area contributed by atoms with E-state index in [1.165, 1.54) is 9.10 Å². The number of sulfonamides is 1. The second-order valence-electron chi connectivity index (χ2n) is 7.94. The normalized spacial score (nSPS) is 15.0. The third-order valence-corrected chi connectivity index (χ3v) is 7.93. The number of aromatic nitrogens is 4. The van der Waals surface area contributed by atoms with Crippen molar-refractivity contribution in [3.63, 3.8) is 0 Å². The molecule has 3 aromatic carbocycles. The number of hydrogen-bond acceptors (Lipinski definition) is 6. The Bertz CT molecular complexity index is 1450. The third kappa shape index (κ3) is 4.52. The van der Waals surface area contributed by atoms with Gasteiger partial charge in [0.2, 0.25) is 21.8 Å². The molecule has 1 amide bonds. The molecular formula is C23H21ClN6O3S. The molecule has 34 heavy (non-hydrogen) atoms. The van der Waals surface area contributed by atoms with Crippen molar-refractivity contribution >= 4 is 38.3 Å². The molecule has 0 bridgehead atoms. The van der Waals surface area contributed by atoms with E-state index in [4.69, 9.17) is 11.6 Å². The molecule has 1 aliphatic heterocycles. The van der Waals surface area contributed by atoms with E-state index in [0.29, 0.717) is 23.9 Å². The standard InChI is InChI=1S/C23H21ClN6O3S/c24-20-8-5-18(6-9-20)23-25-27-30(26-23)16-22(31)28-11-13-29(14-12-28)34(32,33)21-10-7-17-3-1-2-4-19(17)15-21/h1-10,15H,11-14,16H2. The first-order valence-corrected chi connectivity index (χ1v) is 12.5. The van der Waals surface area contributed by atoms with E-state index in [1.54, 1.807) is 41.3 Å². The van der Waals surface area contributed by atoms with Crippen LogP contribution in [0.15, 0.2) is 71.6 Å². The highest BCUT2D eigenvalue weighted by atomic mass is 35.5. The third-order valence-electron chi connectivity index (χ3n) is 5.78. The molecule has 1 aliphatic rings. The van der Waals surface area contributed by atoms with E-state index in [2.05, 4.69) is 15.4 Å². The summed E-state index contributed by atoms with van der Waals surface area (Å²) in [5, 5.41) is 14.7. The second-order valence-corrected chi connectivity index (χ2v) is 10.3. The molecule has 0 saturated carbocycles. The van der Waals surface area contributed by atoms with Crippen LogP contribution in [0.2, 0.25) is 5.02 Å². The fourth-order valence-electron chi connectivity index (χ4n) is 3.90. The predicted molar refractivity (Wildman–Crippen MR) is 128 cm³/mol. The minimum Gasteiger partial charge on any atom is -0.338 e. The molecule has 0 unspecified atom stereocenters.